The smallest absolute Gasteiger partial charge is 0.163 e. The monoisotopic (exact) mass is 484 g/mol. The average molecular weight is 485 g/mol. The van der Waals surface area contributed by atoms with Crippen molar-refractivity contribution in [1.82, 2.24) is 4.98 Å². The largest absolute Gasteiger partial charge is 0.389 e. The Morgan fingerprint density at radius 2 is 1.75 bits per heavy atom. The van der Waals surface area contributed by atoms with E-state index in [2.05, 4.69) is 47.4 Å². The maximum atomic E-state index is 13.5. The Morgan fingerprint density at radius 3 is 2.44 bits per heavy atom. The minimum Gasteiger partial charge on any atom is -0.389 e. The zero-order valence-electron chi connectivity index (χ0n) is 21.1. The fourth-order valence-electron chi connectivity index (χ4n) is 5.37. The van der Waals surface area contributed by atoms with Crippen molar-refractivity contribution in [3.63, 3.8) is 0 Å². The minimum atomic E-state index is -0.376. The first kappa shape index (κ1) is 24.4. The van der Waals surface area contributed by atoms with Crippen molar-refractivity contribution in [3.8, 4) is 11.1 Å². The molecule has 1 fully saturated rings. The van der Waals surface area contributed by atoms with E-state index in [1.165, 1.54) is 37.1 Å². The number of Topliss-reactive ketones (excluding diaryl/α,β-unsaturated/α-hetero) is 1. The van der Waals surface area contributed by atoms with E-state index in [1.54, 1.807) is 6.07 Å². The number of carbonyl (C=O) groups excluding carboxylic acids is 1. The molecule has 0 bridgehead atoms. The molecule has 4 nitrogen and oxygen atoms in total. The minimum absolute atomic E-state index is 0.0359. The molecule has 0 saturated heterocycles. The number of aromatic nitrogens is 1. The number of ketones is 1. The maximum absolute atomic E-state index is 13.5. The van der Waals surface area contributed by atoms with Gasteiger partial charge in [0.1, 0.15) is 11.4 Å². The van der Waals surface area contributed by atoms with E-state index >= 15 is 0 Å². The van der Waals surface area contributed by atoms with Crippen molar-refractivity contribution >= 4 is 11.5 Å². The molecule has 2 heterocycles. The normalized spacial score (nSPS) is 17.5. The summed E-state index contributed by atoms with van der Waals surface area (Å²) >= 11 is 0. The van der Waals surface area contributed by atoms with Gasteiger partial charge in [0.05, 0.1) is 11.9 Å². The number of rotatable bonds is 7. The first-order valence-electron chi connectivity index (χ1n) is 13.1. The zero-order valence-corrected chi connectivity index (χ0v) is 21.1. The first-order chi connectivity index (χ1) is 17.4. The van der Waals surface area contributed by atoms with E-state index in [1.807, 2.05) is 19.1 Å². The molecule has 2 aromatic carbocycles. The predicted octanol–water partition coefficient (Wildman–Crippen LogP) is 7.65. The lowest BCUT2D eigenvalue weighted by atomic mass is 9.80. The summed E-state index contributed by atoms with van der Waals surface area (Å²) in [6.45, 7) is 4.09. The highest BCUT2D eigenvalue weighted by Gasteiger charge is 2.40. The van der Waals surface area contributed by atoms with Gasteiger partial charge >= 0.3 is 0 Å². The third-order valence-corrected chi connectivity index (χ3v) is 7.63. The van der Waals surface area contributed by atoms with Gasteiger partial charge in [-0.15, -0.1) is 0 Å². The van der Waals surface area contributed by atoms with Crippen LogP contribution in [0.15, 0.2) is 65.9 Å². The molecular weight excluding hydrogens is 451 g/mol. The molecule has 3 aromatic rings. The van der Waals surface area contributed by atoms with Gasteiger partial charge in [0.2, 0.25) is 0 Å². The molecule has 0 unspecified atom stereocenters. The second kappa shape index (κ2) is 10.3. The van der Waals surface area contributed by atoms with Crippen LogP contribution in [0.5, 0.6) is 0 Å². The first-order valence-corrected chi connectivity index (χ1v) is 13.1. The van der Waals surface area contributed by atoms with E-state index in [-0.39, 0.29) is 23.1 Å². The maximum Gasteiger partial charge on any atom is 0.163 e. The summed E-state index contributed by atoms with van der Waals surface area (Å²) < 4.78 is 13.3. The van der Waals surface area contributed by atoms with Crippen molar-refractivity contribution in [2.24, 2.45) is 5.16 Å². The summed E-state index contributed by atoms with van der Waals surface area (Å²) in [6.07, 6.45) is 8.93. The summed E-state index contributed by atoms with van der Waals surface area (Å²) in [5.74, 6) is -0.459. The van der Waals surface area contributed by atoms with Gasteiger partial charge in [-0.1, -0.05) is 49.7 Å². The number of halogens is 1. The van der Waals surface area contributed by atoms with Gasteiger partial charge in [-0.25, -0.2) is 4.39 Å². The van der Waals surface area contributed by atoms with E-state index in [4.69, 9.17) is 4.84 Å². The van der Waals surface area contributed by atoms with Gasteiger partial charge in [0.15, 0.2) is 5.78 Å². The molecule has 1 aliphatic heterocycles. The van der Waals surface area contributed by atoms with Crippen LogP contribution in [-0.4, -0.2) is 22.1 Å². The molecule has 0 N–H and O–H groups in total. The zero-order chi connectivity index (χ0) is 25.1. The van der Waals surface area contributed by atoms with Crippen molar-refractivity contribution in [2.45, 2.75) is 76.7 Å². The number of nitrogens with zero attached hydrogens (tertiary/aromatic N) is 2. The molecule has 1 saturated carbocycles. The number of hydrogen-bond donors (Lipinski definition) is 0. The summed E-state index contributed by atoms with van der Waals surface area (Å²) in [4.78, 5) is 23.7. The number of benzene rings is 2. The van der Waals surface area contributed by atoms with E-state index < -0.39 is 0 Å². The third kappa shape index (κ3) is 5.25. The molecule has 5 heteroatoms. The summed E-state index contributed by atoms with van der Waals surface area (Å²) in [7, 11) is 0. The van der Waals surface area contributed by atoms with Crippen molar-refractivity contribution in [3.05, 3.63) is 89.0 Å². The Labute approximate surface area is 212 Å². The number of hydrogen-bond acceptors (Lipinski definition) is 4. The summed E-state index contributed by atoms with van der Waals surface area (Å²) in [5, 5.41) is 4.52. The molecule has 5 rings (SSSR count). The summed E-state index contributed by atoms with van der Waals surface area (Å²) in [5.41, 5.74) is 6.41. The SMILES string of the molecule is CCc1ccc(-c2cc(C(=O)C[C@H](C)c3ccc(F)cn3)cc(C3=NOC4(CCCCC4)C3)c2)cc1. The van der Waals surface area contributed by atoms with E-state index in [0.717, 1.165) is 48.1 Å². The van der Waals surface area contributed by atoms with Crippen molar-refractivity contribution in [1.29, 1.82) is 0 Å². The van der Waals surface area contributed by atoms with Crippen LogP contribution in [0.4, 0.5) is 4.39 Å². The molecule has 1 spiro atoms. The lowest BCUT2D eigenvalue weighted by molar-refractivity contribution is -0.0449. The topological polar surface area (TPSA) is 51.5 Å². The Kier molecular flexibility index (Phi) is 6.99. The Bertz CT molecular complexity index is 1260. The van der Waals surface area contributed by atoms with Crippen LogP contribution in [0.25, 0.3) is 11.1 Å². The van der Waals surface area contributed by atoms with E-state index in [9.17, 15) is 9.18 Å². The lowest BCUT2D eigenvalue weighted by Crippen LogP contribution is -2.31. The second-order valence-electron chi connectivity index (χ2n) is 10.3. The van der Waals surface area contributed by atoms with Gasteiger partial charge in [-0.05, 0) is 79.1 Å². The number of oxime groups is 1. The highest BCUT2D eigenvalue weighted by atomic mass is 19.1. The fraction of sp³-hybridized carbons (Fsp3) is 0.387. The van der Waals surface area contributed by atoms with E-state index in [0.29, 0.717) is 17.7 Å². The van der Waals surface area contributed by atoms with Gasteiger partial charge in [-0.3, -0.25) is 9.78 Å². The van der Waals surface area contributed by atoms with Crippen LogP contribution in [0.2, 0.25) is 0 Å². The molecule has 2 aliphatic rings. The van der Waals surface area contributed by atoms with Crippen LogP contribution in [-0.2, 0) is 11.3 Å². The van der Waals surface area contributed by atoms with Gasteiger partial charge in [-0.2, -0.15) is 0 Å². The predicted molar refractivity (Wildman–Crippen MR) is 141 cm³/mol. The number of pyridine rings is 1. The Hall–Kier alpha value is -3.34. The van der Waals surface area contributed by atoms with Crippen molar-refractivity contribution in [2.75, 3.05) is 0 Å². The molecule has 36 heavy (non-hydrogen) atoms. The molecule has 186 valence electrons. The summed E-state index contributed by atoms with van der Waals surface area (Å²) in [6, 6.07) is 17.6. The fourth-order valence-corrected chi connectivity index (χ4v) is 5.37. The highest BCUT2D eigenvalue weighted by molar-refractivity contribution is 6.06. The third-order valence-electron chi connectivity index (χ3n) is 7.63. The molecule has 0 radical (unpaired) electrons. The quantitative estimate of drug-likeness (QED) is 0.324. The van der Waals surface area contributed by atoms with Crippen LogP contribution in [0, 0.1) is 5.82 Å². The standard InChI is InChI=1S/C31H33FN2O2/c1-3-22-7-9-23(10-8-22)24-16-25(29-19-31(36-34-29)13-5-4-6-14-31)18-26(17-24)30(35)15-21(2)28-12-11-27(32)20-33-28/h7-12,16-18,20-21H,3-6,13-15,19H2,1-2H3/t21-/m0/s1. The van der Waals surface area contributed by atoms with Crippen molar-refractivity contribution < 1.29 is 14.0 Å². The molecular formula is C31H33FN2O2. The van der Waals surface area contributed by atoms with Crippen LogP contribution in [0.1, 0.15) is 91.9 Å². The number of carbonyl (C=O) groups is 1. The van der Waals surface area contributed by atoms with Gasteiger partial charge < -0.3 is 4.84 Å². The van der Waals surface area contributed by atoms with Crippen LogP contribution in [0.3, 0.4) is 0 Å². The van der Waals surface area contributed by atoms with Crippen LogP contribution >= 0.6 is 0 Å². The van der Waals surface area contributed by atoms with Gasteiger partial charge in [0, 0.05) is 35.6 Å². The highest BCUT2D eigenvalue weighted by Crippen LogP contribution is 2.40. The lowest BCUT2D eigenvalue weighted by Gasteiger charge is -2.30. The second-order valence-corrected chi connectivity index (χ2v) is 10.3. The molecule has 1 aliphatic carbocycles. The van der Waals surface area contributed by atoms with Gasteiger partial charge in [0.25, 0.3) is 0 Å². The molecule has 1 atom stereocenters. The Balaban J connectivity index is 1.45. The number of aryl methyl sites for hydroxylation is 1. The van der Waals surface area contributed by atoms with Crippen LogP contribution < -0.4 is 0 Å². The molecule has 0 amide bonds. The average Bonchev–Trinajstić information content (AvgIpc) is 3.32. The Morgan fingerprint density at radius 1 is 1.00 bits per heavy atom. The molecule has 1 aromatic heterocycles.